The number of carbonyl (C=O) groups is 1. The van der Waals surface area contributed by atoms with Gasteiger partial charge in [-0.05, 0) is 73.7 Å². The second kappa shape index (κ2) is 15.7. The van der Waals surface area contributed by atoms with Gasteiger partial charge in [-0.25, -0.2) is 8.42 Å². The fraction of sp³-hybridized carbons (Fsp3) is 0.400. The smallest absolute Gasteiger partial charge is 0.251 e. The Balaban J connectivity index is 0.00000484. The van der Waals surface area contributed by atoms with Crippen LogP contribution in [0.5, 0.6) is 5.75 Å². The van der Waals surface area contributed by atoms with E-state index in [0.717, 1.165) is 23.3 Å². The molecule has 0 spiro atoms. The first-order chi connectivity index (χ1) is 19.8. The predicted octanol–water partition coefficient (Wildman–Crippen LogP) is 3.37. The Bertz CT molecular complexity index is 1410. The van der Waals surface area contributed by atoms with Gasteiger partial charge in [0.1, 0.15) is 5.75 Å². The molecule has 1 aliphatic rings. The maximum absolute atomic E-state index is 13.6. The van der Waals surface area contributed by atoms with Gasteiger partial charge >= 0.3 is 0 Å². The summed E-state index contributed by atoms with van der Waals surface area (Å²) < 4.78 is 32.3. The average molecular weight is 618 g/mol. The van der Waals surface area contributed by atoms with Gasteiger partial charge in [-0.3, -0.25) is 14.1 Å². The summed E-state index contributed by atoms with van der Waals surface area (Å²) in [6.45, 7) is 3.67. The number of pyridine rings is 1. The number of hydrogen-bond acceptors (Lipinski definition) is 8. The van der Waals surface area contributed by atoms with Gasteiger partial charge in [0.05, 0.1) is 30.7 Å². The van der Waals surface area contributed by atoms with Gasteiger partial charge in [-0.2, -0.15) is 0 Å². The Morgan fingerprint density at radius 3 is 2.64 bits per heavy atom. The Kier molecular flexibility index (Phi) is 12.4. The van der Waals surface area contributed by atoms with Gasteiger partial charge in [0, 0.05) is 49.8 Å². The van der Waals surface area contributed by atoms with Crippen LogP contribution < -0.4 is 25.0 Å². The van der Waals surface area contributed by atoms with Gasteiger partial charge in [-0.1, -0.05) is 18.2 Å². The largest absolute Gasteiger partial charge is 0.497 e. The van der Waals surface area contributed by atoms with Crippen LogP contribution in [0.25, 0.3) is 0 Å². The van der Waals surface area contributed by atoms with E-state index >= 15 is 0 Å². The third kappa shape index (κ3) is 9.06. The van der Waals surface area contributed by atoms with Crippen LogP contribution >= 0.6 is 12.4 Å². The topological polar surface area (TPSA) is 133 Å². The molecule has 228 valence electrons. The molecule has 3 aromatic rings. The van der Waals surface area contributed by atoms with E-state index in [9.17, 15) is 18.3 Å². The van der Waals surface area contributed by atoms with Crippen LogP contribution in [0.15, 0.2) is 67.0 Å². The van der Waals surface area contributed by atoms with Crippen LogP contribution in [0.3, 0.4) is 0 Å². The van der Waals surface area contributed by atoms with Crippen LogP contribution in [0.4, 0.5) is 11.4 Å². The van der Waals surface area contributed by atoms with Crippen molar-refractivity contribution >= 4 is 39.7 Å². The van der Waals surface area contributed by atoms with Crippen molar-refractivity contribution in [1.82, 2.24) is 15.6 Å². The number of aliphatic hydroxyl groups is 1. The first kappa shape index (κ1) is 33.1. The number of aromatic nitrogens is 1. The number of anilines is 2. The third-order valence-electron chi connectivity index (χ3n) is 6.97. The molecule has 10 nitrogen and oxygen atoms in total. The van der Waals surface area contributed by atoms with Crippen LogP contribution in [-0.4, -0.2) is 69.1 Å². The van der Waals surface area contributed by atoms with E-state index in [1.54, 1.807) is 37.7 Å². The molecule has 0 unspecified atom stereocenters. The lowest BCUT2D eigenvalue weighted by Crippen LogP contribution is -2.48. The molecular formula is C30H40ClN5O5S. The van der Waals surface area contributed by atoms with Gasteiger partial charge in [0.15, 0.2) is 0 Å². The third-order valence-corrected chi connectivity index (χ3v) is 8.84. The van der Waals surface area contributed by atoms with Gasteiger partial charge < -0.3 is 25.8 Å². The molecule has 4 N–H and O–H groups in total. The van der Waals surface area contributed by atoms with E-state index in [4.69, 9.17) is 4.74 Å². The van der Waals surface area contributed by atoms with Crippen LogP contribution in [-0.2, 0) is 23.0 Å². The maximum Gasteiger partial charge on any atom is 0.251 e. The molecule has 0 radical (unpaired) electrons. The zero-order chi connectivity index (χ0) is 29.2. The number of amides is 1. The molecule has 0 bridgehead atoms. The molecule has 2 heterocycles. The second-order valence-electron chi connectivity index (χ2n) is 10.1. The minimum Gasteiger partial charge on any atom is -0.497 e. The van der Waals surface area contributed by atoms with E-state index in [0.29, 0.717) is 49.4 Å². The fourth-order valence-corrected chi connectivity index (χ4v) is 6.49. The summed E-state index contributed by atoms with van der Waals surface area (Å²) in [6, 6.07) is 15.8. The summed E-state index contributed by atoms with van der Waals surface area (Å²) in [5.41, 5.74) is 3.29. The number of methoxy groups -OCH3 is 1. The van der Waals surface area contributed by atoms with Crippen molar-refractivity contribution in [2.75, 3.05) is 42.1 Å². The number of sulfonamides is 1. The minimum atomic E-state index is -3.45. The summed E-state index contributed by atoms with van der Waals surface area (Å²) >= 11 is 0. The number of hydrogen-bond donors (Lipinski definition) is 4. The highest BCUT2D eigenvalue weighted by atomic mass is 35.5. The molecule has 1 aromatic heterocycles. The Labute approximate surface area is 254 Å². The van der Waals surface area contributed by atoms with Crippen molar-refractivity contribution in [2.24, 2.45) is 0 Å². The number of nitrogens with one attached hydrogen (secondary N) is 3. The Morgan fingerprint density at radius 2 is 1.93 bits per heavy atom. The van der Waals surface area contributed by atoms with Crippen molar-refractivity contribution in [1.29, 1.82) is 0 Å². The lowest BCUT2D eigenvalue weighted by molar-refractivity contribution is 0.0830. The molecule has 4 rings (SSSR count). The van der Waals surface area contributed by atoms with E-state index in [1.165, 1.54) is 4.31 Å². The molecule has 1 aliphatic heterocycles. The summed E-state index contributed by atoms with van der Waals surface area (Å²) in [5, 5.41) is 20.6. The molecule has 42 heavy (non-hydrogen) atoms. The lowest BCUT2D eigenvalue weighted by Gasteiger charge is -2.29. The fourth-order valence-electron chi connectivity index (χ4n) is 4.87. The number of ether oxygens (including phenoxy) is 1. The minimum absolute atomic E-state index is 0. The van der Waals surface area contributed by atoms with E-state index < -0.39 is 28.1 Å². The van der Waals surface area contributed by atoms with Crippen molar-refractivity contribution in [3.8, 4) is 5.75 Å². The molecule has 1 saturated heterocycles. The number of halogens is 1. The zero-order valence-corrected chi connectivity index (χ0v) is 25.6. The van der Waals surface area contributed by atoms with Crippen LogP contribution in [0.1, 0.15) is 41.3 Å². The number of rotatable bonds is 13. The van der Waals surface area contributed by atoms with E-state index in [2.05, 4.69) is 20.9 Å². The van der Waals surface area contributed by atoms with Gasteiger partial charge in [0.2, 0.25) is 10.0 Å². The Morgan fingerprint density at radius 1 is 1.12 bits per heavy atom. The molecule has 0 saturated carbocycles. The van der Waals surface area contributed by atoms with E-state index in [1.807, 2.05) is 43.3 Å². The molecule has 0 aliphatic carbocycles. The quantitative estimate of drug-likeness (QED) is 0.230. The first-order valence-electron chi connectivity index (χ1n) is 13.9. The van der Waals surface area contributed by atoms with E-state index in [-0.39, 0.29) is 24.7 Å². The van der Waals surface area contributed by atoms with Crippen LogP contribution in [0.2, 0.25) is 0 Å². The van der Waals surface area contributed by atoms with Crippen molar-refractivity contribution in [3.05, 3.63) is 83.7 Å². The number of carbonyl (C=O) groups excluding carboxylic acids is 1. The van der Waals surface area contributed by atoms with Gasteiger partial charge in [-0.15, -0.1) is 12.4 Å². The normalized spacial score (nSPS) is 15.6. The summed E-state index contributed by atoms with van der Waals surface area (Å²) in [4.78, 5) is 17.8. The molecule has 1 fully saturated rings. The van der Waals surface area contributed by atoms with Crippen molar-refractivity contribution in [3.63, 3.8) is 0 Å². The lowest BCUT2D eigenvalue weighted by atomic mass is 10.0. The van der Waals surface area contributed by atoms with Gasteiger partial charge in [0.25, 0.3) is 5.91 Å². The van der Waals surface area contributed by atoms with Crippen molar-refractivity contribution < 1.29 is 23.1 Å². The standard InChI is InChI=1S/C30H39N5O5S.ClH/c1-3-33-25-16-24(17-26(18-25)35-12-4-5-13-41(35,38)39)30(37)34-28(15-23-9-7-11-31-19-23)29(36)21-32-20-22-8-6-10-27(14-22)40-2;/h6-11,14,16-19,28-29,32-33,36H,3-5,12-13,15,20-21H2,1-2H3,(H,34,37);1H/t28-,29+;/m0./s1. The highest BCUT2D eigenvalue weighted by Crippen LogP contribution is 2.28. The summed E-state index contributed by atoms with van der Waals surface area (Å²) in [7, 11) is -1.84. The zero-order valence-electron chi connectivity index (χ0n) is 24.0. The molecule has 2 aromatic carbocycles. The molecular weight excluding hydrogens is 578 g/mol. The highest BCUT2D eigenvalue weighted by molar-refractivity contribution is 7.92. The second-order valence-corrected chi connectivity index (χ2v) is 12.1. The van der Waals surface area contributed by atoms with Crippen molar-refractivity contribution in [2.45, 2.75) is 44.9 Å². The SMILES string of the molecule is CCNc1cc(C(=O)N[C@@H](Cc2cccnc2)[C@H](O)CNCc2cccc(OC)c2)cc(N2CCCCS2(=O)=O)c1.Cl. The molecule has 12 heteroatoms. The molecule has 2 atom stereocenters. The van der Waals surface area contributed by atoms with Crippen LogP contribution in [0, 0.1) is 0 Å². The summed E-state index contributed by atoms with van der Waals surface area (Å²) in [6.07, 6.45) is 4.21. The number of benzene rings is 2. The number of nitrogens with zero attached hydrogens (tertiary/aromatic N) is 2. The molecule has 1 amide bonds. The maximum atomic E-state index is 13.6. The average Bonchev–Trinajstić information content (AvgIpc) is 2.97. The number of aliphatic hydroxyl groups excluding tert-OH is 1. The monoisotopic (exact) mass is 617 g/mol. The highest BCUT2D eigenvalue weighted by Gasteiger charge is 2.28. The first-order valence-corrected chi connectivity index (χ1v) is 15.5. The predicted molar refractivity (Wildman–Crippen MR) is 168 cm³/mol. The summed E-state index contributed by atoms with van der Waals surface area (Å²) in [5.74, 6) is 0.437. The Hall–Kier alpha value is -3.38.